The van der Waals surface area contributed by atoms with Crippen LogP contribution in [-0.4, -0.2) is 46.8 Å². The molecule has 14 heavy (non-hydrogen) atoms. The fourth-order valence-corrected chi connectivity index (χ4v) is 1.71. The Bertz CT molecular complexity index is 188. The van der Waals surface area contributed by atoms with Gasteiger partial charge in [-0.3, -0.25) is 0 Å². The molecule has 4 nitrogen and oxygen atoms in total. The monoisotopic (exact) mass is 201 g/mol. The molecule has 0 saturated carbocycles. The number of hydrogen-bond acceptors (Lipinski definition) is 3. The minimum Gasteiger partial charge on any atom is -0.479 e. The molecule has 1 fully saturated rings. The van der Waals surface area contributed by atoms with Crippen LogP contribution in [0.3, 0.4) is 0 Å². The number of piperidine rings is 1. The summed E-state index contributed by atoms with van der Waals surface area (Å²) < 4.78 is 0. The zero-order valence-corrected chi connectivity index (χ0v) is 8.65. The lowest BCUT2D eigenvalue weighted by atomic mass is 9.99. The van der Waals surface area contributed by atoms with Crippen LogP contribution >= 0.6 is 0 Å². The van der Waals surface area contributed by atoms with E-state index in [0.29, 0.717) is 13.0 Å². The van der Waals surface area contributed by atoms with Crippen LogP contribution in [0.25, 0.3) is 0 Å². The average molecular weight is 201 g/mol. The normalized spacial score (nSPS) is 22.1. The van der Waals surface area contributed by atoms with Gasteiger partial charge in [-0.05, 0) is 38.3 Å². The standard InChI is InChI=1S/C10H19NO3/c1-8-2-5-11(6-3-8)7-4-9(12)10(13)14/h8-9,12H,2-7H2,1H3,(H,13,14). The van der Waals surface area contributed by atoms with Gasteiger partial charge in [0, 0.05) is 6.54 Å². The van der Waals surface area contributed by atoms with Crippen LogP contribution in [0.4, 0.5) is 0 Å². The summed E-state index contributed by atoms with van der Waals surface area (Å²) in [5.74, 6) is -0.328. The summed E-state index contributed by atoms with van der Waals surface area (Å²) in [6.07, 6.45) is 1.50. The molecule has 1 heterocycles. The highest BCUT2D eigenvalue weighted by atomic mass is 16.4. The fourth-order valence-electron chi connectivity index (χ4n) is 1.71. The minimum atomic E-state index is -1.20. The van der Waals surface area contributed by atoms with Gasteiger partial charge < -0.3 is 15.1 Å². The van der Waals surface area contributed by atoms with E-state index in [4.69, 9.17) is 10.2 Å². The number of likely N-dealkylation sites (tertiary alicyclic amines) is 1. The van der Waals surface area contributed by atoms with E-state index in [2.05, 4.69) is 11.8 Å². The number of aliphatic hydroxyl groups excluding tert-OH is 1. The molecule has 1 aliphatic rings. The third kappa shape index (κ3) is 3.64. The van der Waals surface area contributed by atoms with Gasteiger partial charge in [-0.25, -0.2) is 4.79 Å². The van der Waals surface area contributed by atoms with E-state index in [-0.39, 0.29) is 0 Å². The number of carbonyl (C=O) groups is 1. The van der Waals surface area contributed by atoms with Crippen LogP contribution in [0.1, 0.15) is 26.2 Å². The lowest BCUT2D eigenvalue weighted by Crippen LogP contribution is -2.36. The number of aliphatic carboxylic acids is 1. The average Bonchev–Trinajstić information content (AvgIpc) is 2.16. The highest BCUT2D eigenvalue weighted by Crippen LogP contribution is 2.16. The molecule has 0 amide bonds. The number of rotatable bonds is 4. The number of carboxylic acid groups (broad SMARTS) is 1. The summed E-state index contributed by atoms with van der Waals surface area (Å²) >= 11 is 0. The van der Waals surface area contributed by atoms with Gasteiger partial charge >= 0.3 is 5.97 Å². The molecule has 1 aliphatic heterocycles. The second-order valence-corrected chi connectivity index (χ2v) is 4.17. The molecule has 0 aromatic rings. The van der Waals surface area contributed by atoms with E-state index in [1.165, 1.54) is 12.8 Å². The summed E-state index contributed by atoms with van der Waals surface area (Å²) in [4.78, 5) is 12.6. The molecule has 0 bridgehead atoms. The summed E-state index contributed by atoms with van der Waals surface area (Å²) in [5, 5.41) is 17.6. The van der Waals surface area contributed by atoms with Gasteiger partial charge in [-0.15, -0.1) is 0 Å². The zero-order chi connectivity index (χ0) is 10.6. The maximum Gasteiger partial charge on any atom is 0.332 e. The fraction of sp³-hybridized carbons (Fsp3) is 0.900. The molecule has 4 heteroatoms. The molecule has 82 valence electrons. The summed E-state index contributed by atoms with van der Waals surface area (Å²) in [6.45, 7) is 5.00. The Labute approximate surface area is 84.5 Å². The molecule has 1 rings (SSSR count). The molecule has 1 atom stereocenters. The quantitative estimate of drug-likeness (QED) is 0.697. The van der Waals surface area contributed by atoms with Crippen molar-refractivity contribution in [2.75, 3.05) is 19.6 Å². The van der Waals surface area contributed by atoms with Gasteiger partial charge in [0.2, 0.25) is 0 Å². The maximum absolute atomic E-state index is 10.4. The van der Waals surface area contributed by atoms with Gasteiger partial charge in [0.25, 0.3) is 0 Å². The van der Waals surface area contributed by atoms with Crippen molar-refractivity contribution >= 4 is 5.97 Å². The van der Waals surface area contributed by atoms with Crippen LogP contribution < -0.4 is 0 Å². The van der Waals surface area contributed by atoms with Crippen molar-refractivity contribution in [3.05, 3.63) is 0 Å². The second-order valence-electron chi connectivity index (χ2n) is 4.17. The van der Waals surface area contributed by atoms with E-state index in [9.17, 15) is 4.79 Å². The van der Waals surface area contributed by atoms with Crippen molar-refractivity contribution in [3.63, 3.8) is 0 Å². The Morgan fingerprint density at radius 3 is 2.57 bits per heavy atom. The molecule has 1 unspecified atom stereocenters. The SMILES string of the molecule is CC1CCN(CCC(O)C(=O)O)CC1. The van der Waals surface area contributed by atoms with Gasteiger partial charge in [-0.1, -0.05) is 6.92 Å². The highest BCUT2D eigenvalue weighted by Gasteiger charge is 2.18. The van der Waals surface area contributed by atoms with E-state index in [0.717, 1.165) is 19.0 Å². The van der Waals surface area contributed by atoms with Crippen molar-refractivity contribution in [2.45, 2.75) is 32.3 Å². The summed E-state index contributed by atoms with van der Waals surface area (Å²) in [7, 11) is 0. The van der Waals surface area contributed by atoms with Crippen molar-refractivity contribution < 1.29 is 15.0 Å². The number of hydrogen-bond donors (Lipinski definition) is 2. The van der Waals surface area contributed by atoms with Crippen molar-refractivity contribution in [1.82, 2.24) is 4.90 Å². The van der Waals surface area contributed by atoms with E-state index < -0.39 is 12.1 Å². The summed E-state index contributed by atoms with van der Waals surface area (Å²) in [5.41, 5.74) is 0. The Kier molecular flexibility index (Phi) is 4.35. The van der Waals surface area contributed by atoms with E-state index in [1.54, 1.807) is 0 Å². The molecule has 0 spiro atoms. The van der Waals surface area contributed by atoms with Crippen LogP contribution in [0, 0.1) is 5.92 Å². The lowest BCUT2D eigenvalue weighted by molar-refractivity contribution is -0.147. The highest BCUT2D eigenvalue weighted by molar-refractivity contribution is 5.71. The number of carboxylic acids is 1. The van der Waals surface area contributed by atoms with Crippen LogP contribution in [-0.2, 0) is 4.79 Å². The number of nitrogens with zero attached hydrogens (tertiary/aromatic N) is 1. The first-order valence-corrected chi connectivity index (χ1v) is 5.23. The van der Waals surface area contributed by atoms with E-state index in [1.807, 2.05) is 0 Å². The molecule has 0 aliphatic carbocycles. The van der Waals surface area contributed by atoms with Crippen molar-refractivity contribution in [1.29, 1.82) is 0 Å². The zero-order valence-electron chi connectivity index (χ0n) is 8.65. The topological polar surface area (TPSA) is 60.8 Å². The van der Waals surface area contributed by atoms with Gasteiger partial charge in [0.1, 0.15) is 0 Å². The van der Waals surface area contributed by atoms with Crippen LogP contribution in [0.2, 0.25) is 0 Å². The Morgan fingerprint density at radius 1 is 1.50 bits per heavy atom. The third-order valence-electron chi connectivity index (χ3n) is 2.88. The molecule has 0 aromatic carbocycles. The minimum absolute atomic E-state index is 0.337. The second kappa shape index (κ2) is 5.32. The molecular weight excluding hydrogens is 182 g/mol. The van der Waals surface area contributed by atoms with E-state index >= 15 is 0 Å². The van der Waals surface area contributed by atoms with Gasteiger partial charge in [0.05, 0.1) is 0 Å². The molecule has 0 radical (unpaired) electrons. The van der Waals surface area contributed by atoms with Gasteiger partial charge in [-0.2, -0.15) is 0 Å². The molecular formula is C10H19NO3. The predicted molar refractivity (Wildman–Crippen MR) is 53.1 cm³/mol. The van der Waals surface area contributed by atoms with Crippen LogP contribution in [0.5, 0.6) is 0 Å². The Hall–Kier alpha value is -0.610. The maximum atomic E-state index is 10.4. The first-order chi connectivity index (χ1) is 6.59. The molecule has 2 N–H and O–H groups in total. The van der Waals surface area contributed by atoms with Crippen molar-refractivity contribution in [2.24, 2.45) is 5.92 Å². The Morgan fingerprint density at radius 2 is 2.07 bits per heavy atom. The Balaban J connectivity index is 2.16. The summed E-state index contributed by atoms with van der Waals surface area (Å²) in [6, 6.07) is 0. The largest absolute Gasteiger partial charge is 0.479 e. The lowest BCUT2D eigenvalue weighted by Gasteiger charge is -2.30. The smallest absolute Gasteiger partial charge is 0.332 e. The first-order valence-electron chi connectivity index (χ1n) is 5.23. The number of aliphatic hydroxyl groups is 1. The first kappa shape index (κ1) is 11.5. The van der Waals surface area contributed by atoms with Crippen LogP contribution in [0.15, 0.2) is 0 Å². The third-order valence-corrected chi connectivity index (χ3v) is 2.88. The van der Waals surface area contributed by atoms with Crippen molar-refractivity contribution in [3.8, 4) is 0 Å². The molecule has 0 aromatic heterocycles. The van der Waals surface area contributed by atoms with Gasteiger partial charge in [0.15, 0.2) is 6.10 Å². The predicted octanol–water partition coefficient (Wildman–Crippen LogP) is 0.554. The molecule has 1 saturated heterocycles.